The lowest BCUT2D eigenvalue weighted by Gasteiger charge is -2.08. The van der Waals surface area contributed by atoms with E-state index in [4.69, 9.17) is 19.6 Å². The molecule has 0 aromatic heterocycles. The standard InChI is InChI=1S/C6H18N2O6P2/c9-15(10,11)5-3-7-1-2-8-4-6-16(12,13)14/h7-8H,1-6H2,(H2,9,10,11)(H2,12,13,14). The molecule has 0 spiro atoms. The zero-order chi connectivity index (χ0) is 12.7. The van der Waals surface area contributed by atoms with E-state index in [9.17, 15) is 9.13 Å². The lowest BCUT2D eigenvalue weighted by molar-refractivity contribution is 0.368. The van der Waals surface area contributed by atoms with E-state index in [1.54, 1.807) is 0 Å². The molecule has 6 N–H and O–H groups in total. The van der Waals surface area contributed by atoms with Crippen LogP contribution in [0.4, 0.5) is 0 Å². The molecule has 0 aliphatic heterocycles. The zero-order valence-electron chi connectivity index (χ0n) is 8.74. The number of rotatable bonds is 9. The van der Waals surface area contributed by atoms with E-state index >= 15 is 0 Å². The van der Waals surface area contributed by atoms with Crippen LogP contribution in [-0.2, 0) is 9.13 Å². The fourth-order valence-electron chi connectivity index (χ4n) is 0.876. The molecular formula is C6H18N2O6P2. The third-order valence-corrected chi connectivity index (χ3v) is 3.25. The van der Waals surface area contributed by atoms with Crippen LogP contribution in [0.2, 0.25) is 0 Å². The Labute approximate surface area is 93.8 Å². The van der Waals surface area contributed by atoms with E-state index in [0.717, 1.165) is 0 Å². The highest BCUT2D eigenvalue weighted by molar-refractivity contribution is 7.52. The molecule has 0 saturated heterocycles. The Morgan fingerprint density at radius 2 is 1.00 bits per heavy atom. The average Bonchev–Trinajstić information content (AvgIpc) is 2.06. The quantitative estimate of drug-likeness (QED) is 0.221. The van der Waals surface area contributed by atoms with Gasteiger partial charge in [0.2, 0.25) is 0 Å². The van der Waals surface area contributed by atoms with E-state index in [-0.39, 0.29) is 25.4 Å². The minimum absolute atomic E-state index is 0.213. The zero-order valence-corrected chi connectivity index (χ0v) is 10.5. The van der Waals surface area contributed by atoms with Gasteiger partial charge >= 0.3 is 15.2 Å². The first-order valence-electron chi connectivity index (χ1n) is 4.71. The Bertz CT molecular complexity index is 246. The molecule has 0 atom stereocenters. The predicted molar refractivity (Wildman–Crippen MR) is 59.6 cm³/mol. The molecule has 0 radical (unpaired) electrons. The van der Waals surface area contributed by atoms with Crippen LogP contribution < -0.4 is 10.6 Å². The van der Waals surface area contributed by atoms with E-state index in [0.29, 0.717) is 13.1 Å². The Balaban J connectivity index is 3.23. The minimum Gasteiger partial charge on any atom is -0.324 e. The molecule has 0 aliphatic rings. The second-order valence-electron chi connectivity index (χ2n) is 3.28. The maximum atomic E-state index is 10.4. The van der Waals surface area contributed by atoms with Crippen LogP contribution in [0.15, 0.2) is 0 Å². The first-order valence-corrected chi connectivity index (χ1v) is 8.31. The van der Waals surface area contributed by atoms with Crippen molar-refractivity contribution in [1.82, 2.24) is 10.6 Å². The van der Waals surface area contributed by atoms with Crippen molar-refractivity contribution in [1.29, 1.82) is 0 Å². The fourth-order valence-corrected chi connectivity index (χ4v) is 1.77. The summed E-state index contributed by atoms with van der Waals surface area (Å²) in [6.45, 7) is 1.40. The fraction of sp³-hybridized carbons (Fsp3) is 1.00. The third-order valence-electron chi connectivity index (χ3n) is 1.64. The summed E-state index contributed by atoms with van der Waals surface area (Å²) in [6.07, 6.45) is -0.426. The van der Waals surface area contributed by atoms with Crippen LogP contribution in [0.3, 0.4) is 0 Å². The lowest BCUT2D eigenvalue weighted by atomic mass is 10.5. The molecule has 0 fully saturated rings. The highest BCUT2D eigenvalue weighted by Crippen LogP contribution is 2.33. The summed E-state index contributed by atoms with van der Waals surface area (Å²) in [7, 11) is -7.87. The maximum Gasteiger partial charge on any atom is 0.326 e. The van der Waals surface area contributed by atoms with Crippen LogP contribution in [0.5, 0.6) is 0 Å². The van der Waals surface area contributed by atoms with Gasteiger partial charge in [0, 0.05) is 26.2 Å². The van der Waals surface area contributed by atoms with Gasteiger partial charge in [-0.05, 0) is 0 Å². The molecule has 0 aromatic carbocycles. The van der Waals surface area contributed by atoms with E-state index in [1.807, 2.05) is 0 Å². The first-order chi connectivity index (χ1) is 7.21. The van der Waals surface area contributed by atoms with Crippen molar-refractivity contribution in [2.75, 3.05) is 38.5 Å². The summed E-state index contributed by atoms with van der Waals surface area (Å²) in [4.78, 5) is 34.1. The molecule has 0 rings (SSSR count). The number of nitrogens with one attached hydrogen (secondary N) is 2. The van der Waals surface area contributed by atoms with Crippen LogP contribution >= 0.6 is 15.2 Å². The molecule has 0 saturated carbocycles. The van der Waals surface area contributed by atoms with Gasteiger partial charge in [0.05, 0.1) is 12.3 Å². The maximum absolute atomic E-state index is 10.4. The minimum atomic E-state index is -3.94. The Kier molecular flexibility index (Phi) is 7.63. The van der Waals surface area contributed by atoms with Gasteiger partial charge in [-0.25, -0.2) is 0 Å². The summed E-state index contributed by atoms with van der Waals surface area (Å²) < 4.78 is 20.9. The molecule has 98 valence electrons. The highest BCUT2D eigenvalue weighted by Gasteiger charge is 2.11. The van der Waals surface area contributed by atoms with Gasteiger partial charge in [0.15, 0.2) is 0 Å². The van der Waals surface area contributed by atoms with Gasteiger partial charge in [-0.15, -0.1) is 0 Å². The molecule has 16 heavy (non-hydrogen) atoms. The molecule has 0 unspecified atom stereocenters. The largest absolute Gasteiger partial charge is 0.326 e. The van der Waals surface area contributed by atoms with Crippen molar-refractivity contribution < 1.29 is 28.7 Å². The first kappa shape index (κ1) is 16.2. The van der Waals surface area contributed by atoms with Gasteiger partial charge in [-0.2, -0.15) is 0 Å². The Hall–Kier alpha value is 0.220. The van der Waals surface area contributed by atoms with E-state index in [2.05, 4.69) is 10.6 Å². The van der Waals surface area contributed by atoms with Crippen molar-refractivity contribution in [2.45, 2.75) is 0 Å². The summed E-state index contributed by atoms with van der Waals surface area (Å²) >= 11 is 0. The highest BCUT2D eigenvalue weighted by atomic mass is 31.2. The van der Waals surface area contributed by atoms with Gasteiger partial charge < -0.3 is 30.2 Å². The average molecular weight is 276 g/mol. The molecule has 0 heterocycles. The van der Waals surface area contributed by atoms with Gasteiger partial charge in [0.25, 0.3) is 0 Å². The van der Waals surface area contributed by atoms with Crippen LogP contribution in [0.1, 0.15) is 0 Å². The SMILES string of the molecule is O=P(O)(O)CCNCCNCCP(=O)(O)O. The van der Waals surface area contributed by atoms with Crippen molar-refractivity contribution >= 4 is 15.2 Å². The van der Waals surface area contributed by atoms with Crippen molar-refractivity contribution in [3.63, 3.8) is 0 Å². The topological polar surface area (TPSA) is 139 Å². The molecule has 0 amide bonds. The van der Waals surface area contributed by atoms with Gasteiger partial charge in [-0.1, -0.05) is 0 Å². The van der Waals surface area contributed by atoms with Gasteiger partial charge in [0.1, 0.15) is 0 Å². The van der Waals surface area contributed by atoms with Gasteiger partial charge in [-0.3, -0.25) is 9.13 Å². The number of hydrogen-bond acceptors (Lipinski definition) is 4. The molecular weight excluding hydrogens is 258 g/mol. The third kappa shape index (κ3) is 14.2. The monoisotopic (exact) mass is 276 g/mol. The van der Waals surface area contributed by atoms with Crippen LogP contribution in [0, 0.1) is 0 Å². The summed E-state index contributed by atoms with van der Waals surface area (Å²) in [5.74, 6) is 0. The smallest absolute Gasteiger partial charge is 0.324 e. The molecule has 8 nitrogen and oxygen atoms in total. The van der Waals surface area contributed by atoms with E-state index in [1.165, 1.54) is 0 Å². The van der Waals surface area contributed by atoms with E-state index < -0.39 is 15.2 Å². The lowest BCUT2D eigenvalue weighted by Crippen LogP contribution is -2.30. The van der Waals surface area contributed by atoms with Crippen molar-refractivity contribution in [2.24, 2.45) is 0 Å². The molecule has 0 aliphatic carbocycles. The molecule has 0 bridgehead atoms. The van der Waals surface area contributed by atoms with Crippen molar-refractivity contribution in [3.8, 4) is 0 Å². The normalized spacial score (nSPS) is 13.0. The van der Waals surface area contributed by atoms with Crippen LogP contribution in [0.25, 0.3) is 0 Å². The Morgan fingerprint density at radius 1 is 0.688 bits per heavy atom. The summed E-state index contributed by atoms with van der Waals surface area (Å²) in [5.41, 5.74) is 0. The second kappa shape index (κ2) is 7.53. The Morgan fingerprint density at radius 3 is 1.25 bits per heavy atom. The van der Waals surface area contributed by atoms with Crippen LogP contribution in [-0.4, -0.2) is 58.1 Å². The molecule has 0 aromatic rings. The summed E-state index contributed by atoms with van der Waals surface area (Å²) in [6, 6.07) is 0. The summed E-state index contributed by atoms with van der Waals surface area (Å²) in [5, 5.41) is 5.58. The second-order valence-corrected chi connectivity index (χ2v) is 6.83. The predicted octanol–water partition coefficient (Wildman–Crippen LogP) is -1.48. The molecule has 10 heteroatoms. The van der Waals surface area contributed by atoms with Crippen molar-refractivity contribution in [3.05, 3.63) is 0 Å². The number of hydrogen-bond donors (Lipinski definition) is 6.